The number of allylic oxidation sites excluding steroid dienone is 3. The summed E-state index contributed by atoms with van der Waals surface area (Å²) in [5, 5.41) is 88.3. The molecule has 0 saturated carbocycles. The number of phenols is 8. The predicted octanol–water partition coefficient (Wildman–Crippen LogP) is 5.73. The first-order valence-corrected chi connectivity index (χ1v) is 17.8. The van der Waals surface area contributed by atoms with Gasteiger partial charge in [-0.2, -0.15) is 0 Å². The molecular formula is C44H34N4O8. The first-order chi connectivity index (χ1) is 27.0. The molecule has 12 nitrogen and oxygen atoms in total. The number of phenolic OH excluding ortho intramolecular Hbond substituents is 8. The van der Waals surface area contributed by atoms with Crippen LogP contribution in [0.15, 0.2) is 125 Å². The summed E-state index contributed by atoms with van der Waals surface area (Å²) in [7, 11) is 0. The SMILES string of the molecule is Oc1ccc(C2=C3CCC(=N3)C(c3ccc(O)c(O)c3)=c3ccc([nH]3)=C(c3ccc(O)c(O)c3)C3=CCC(=C(c4ccc(O)c(O)c4)c4ccc2[nH]4)N3)cc1O. The average Bonchev–Trinajstić information content (AvgIpc) is 4.02. The molecule has 0 spiro atoms. The summed E-state index contributed by atoms with van der Waals surface area (Å²) in [6.45, 7) is 0. The fraction of sp³-hybridized carbons (Fsp3) is 0.0682. The monoisotopic (exact) mass is 746 g/mol. The van der Waals surface area contributed by atoms with E-state index in [0.717, 1.165) is 5.70 Å². The number of hydrogen-bond donors (Lipinski definition) is 11. The van der Waals surface area contributed by atoms with Gasteiger partial charge >= 0.3 is 0 Å². The second-order valence-electron chi connectivity index (χ2n) is 13.8. The van der Waals surface area contributed by atoms with Gasteiger partial charge in [-0.15, -0.1) is 0 Å². The molecule has 6 aromatic rings. The maximum absolute atomic E-state index is 10.6. The lowest BCUT2D eigenvalue weighted by atomic mass is 9.97. The summed E-state index contributed by atoms with van der Waals surface area (Å²) >= 11 is 0. The lowest BCUT2D eigenvalue weighted by Gasteiger charge is -2.16. The van der Waals surface area contributed by atoms with Crippen molar-refractivity contribution < 1.29 is 40.9 Å². The van der Waals surface area contributed by atoms with Crippen LogP contribution in [0.1, 0.15) is 52.9 Å². The number of nitrogens with one attached hydrogen (secondary N) is 3. The Labute approximate surface area is 318 Å². The summed E-state index contributed by atoms with van der Waals surface area (Å²) in [5.74, 6) is -2.27. The molecule has 278 valence electrons. The molecule has 4 aromatic carbocycles. The standard InChI is InChI=1S/C44H34N4O8/c49-33-13-1-21(17-37(33)53)41-25-5-7-27(45-25)42(22-2-14-34(50)38(54)18-22)29-9-11-31(47-29)44(24-4-16-36(52)40(56)20-24)32-12-10-30(48-32)43(28-8-6-26(41)46-28)23-3-15-35(51)39(55)19-23/h1-7,10,12-20,45-46,48-56H,8-9,11H2. The maximum Gasteiger partial charge on any atom is 0.158 e. The smallest absolute Gasteiger partial charge is 0.158 e. The highest BCUT2D eigenvalue weighted by Crippen LogP contribution is 2.41. The molecule has 0 saturated heterocycles. The first kappa shape index (κ1) is 34.1. The van der Waals surface area contributed by atoms with Gasteiger partial charge in [0.05, 0.1) is 11.4 Å². The average molecular weight is 747 g/mol. The molecule has 11 N–H and O–H groups in total. The number of fused-ring (bicyclic) bond motifs is 7. The van der Waals surface area contributed by atoms with Crippen molar-refractivity contribution >= 4 is 28.0 Å². The summed E-state index contributed by atoms with van der Waals surface area (Å²) in [4.78, 5) is 12.3. The van der Waals surface area contributed by atoms with Crippen molar-refractivity contribution in [3.05, 3.63) is 165 Å². The van der Waals surface area contributed by atoms with Crippen LogP contribution in [0.4, 0.5) is 0 Å². The third-order valence-electron chi connectivity index (χ3n) is 10.3. The molecule has 5 heterocycles. The van der Waals surface area contributed by atoms with E-state index in [1.807, 2.05) is 30.3 Å². The van der Waals surface area contributed by atoms with E-state index in [1.54, 1.807) is 24.3 Å². The Bertz CT molecular complexity index is 2910. The number of aromatic amines is 2. The van der Waals surface area contributed by atoms with Gasteiger partial charge in [0, 0.05) is 62.2 Å². The molecule has 9 rings (SSSR count). The van der Waals surface area contributed by atoms with E-state index in [-0.39, 0.29) is 46.0 Å². The Morgan fingerprint density at radius 2 is 0.893 bits per heavy atom. The van der Waals surface area contributed by atoms with Crippen LogP contribution in [0.3, 0.4) is 0 Å². The Morgan fingerprint density at radius 3 is 1.43 bits per heavy atom. The van der Waals surface area contributed by atoms with E-state index < -0.39 is 0 Å². The number of hydrogen-bond acceptors (Lipinski definition) is 10. The normalized spacial score (nSPS) is 15.3. The molecule has 3 aliphatic rings. The zero-order valence-corrected chi connectivity index (χ0v) is 29.5. The second-order valence-corrected chi connectivity index (χ2v) is 13.8. The lowest BCUT2D eigenvalue weighted by Crippen LogP contribution is -2.22. The van der Waals surface area contributed by atoms with Gasteiger partial charge in [-0.1, -0.05) is 30.3 Å². The summed E-state index contributed by atoms with van der Waals surface area (Å²) in [5.41, 5.74) is 9.21. The number of aromatic nitrogens is 2. The van der Waals surface area contributed by atoms with Crippen molar-refractivity contribution in [2.45, 2.75) is 19.3 Å². The van der Waals surface area contributed by atoms with E-state index in [2.05, 4.69) is 15.3 Å². The molecule has 0 unspecified atom stereocenters. The molecular weight excluding hydrogens is 713 g/mol. The van der Waals surface area contributed by atoms with Gasteiger partial charge in [-0.05, 0) is 108 Å². The van der Waals surface area contributed by atoms with Crippen molar-refractivity contribution in [1.29, 1.82) is 0 Å². The van der Waals surface area contributed by atoms with Crippen LogP contribution in [-0.4, -0.2) is 56.5 Å². The Morgan fingerprint density at radius 1 is 0.429 bits per heavy atom. The van der Waals surface area contributed by atoms with Gasteiger partial charge in [0.25, 0.3) is 0 Å². The minimum atomic E-state index is -0.299. The van der Waals surface area contributed by atoms with Gasteiger partial charge in [0.15, 0.2) is 46.0 Å². The van der Waals surface area contributed by atoms with E-state index >= 15 is 0 Å². The first-order valence-electron chi connectivity index (χ1n) is 17.8. The quantitative estimate of drug-likeness (QED) is 0.0992. The Kier molecular flexibility index (Phi) is 7.90. The molecule has 56 heavy (non-hydrogen) atoms. The molecule has 0 radical (unpaired) electrons. The lowest BCUT2D eigenvalue weighted by molar-refractivity contribution is 0.403. The molecule has 0 amide bonds. The van der Waals surface area contributed by atoms with Crippen LogP contribution < -0.4 is 16.0 Å². The number of nitrogens with zero attached hydrogens (tertiary/aromatic N) is 1. The zero-order chi connectivity index (χ0) is 38.8. The van der Waals surface area contributed by atoms with Crippen molar-refractivity contribution in [2.24, 2.45) is 4.99 Å². The van der Waals surface area contributed by atoms with Crippen molar-refractivity contribution in [3.63, 3.8) is 0 Å². The summed E-state index contributed by atoms with van der Waals surface area (Å²) in [6.07, 6.45) is 3.39. The molecule has 0 aliphatic carbocycles. The fourth-order valence-corrected chi connectivity index (χ4v) is 7.66. The van der Waals surface area contributed by atoms with E-state index in [9.17, 15) is 40.9 Å². The summed E-state index contributed by atoms with van der Waals surface area (Å²) in [6, 6.07) is 26.0. The number of benzene rings is 4. The van der Waals surface area contributed by atoms with Crippen molar-refractivity contribution in [1.82, 2.24) is 15.3 Å². The predicted molar refractivity (Wildman–Crippen MR) is 209 cm³/mol. The van der Waals surface area contributed by atoms with Gasteiger partial charge in [0.2, 0.25) is 0 Å². The minimum absolute atomic E-state index is 0.268. The highest BCUT2D eigenvalue weighted by Gasteiger charge is 2.27. The summed E-state index contributed by atoms with van der Waals surface area (Å²) < 4.78 is 0. The molecule has 8 bridgehead atoms. The largest absolute Gasteiger partial charge is 0.504 e. The molecule has 2 aromatic heterocycles. The number of aliphatic imine (C=N–C) groups is 1. The molecule has 3 aliphatic heterocycles. The van der Waals surface area contributed by atoms with E-state index in [0.29, 0.717) is 103 Å². The zero-order valence-electron chi connectivity index (χ0n) is 29.5. The Balaban J connectivity index is 1.39. The molecule has 0 fully saturated rings. The maximum atomic E-state index is 10.6. The van der Waals surface area contributed by atoms with Crippen molar-refractivity contribution in [2.75, 3.05) is 0 Å². The third-order valence-corrected chi connectivity index (χ3v) is 10.3. The van der Waals surface area contributed by atoms with Crippen molar-refractivity contribution in [3.8, 4) is 46.0 Å². The number of H-pyrrole nitrogens is 2. The number of rotatable bonds is 4. The number of aromatic hydroxyl groups is 8. The van der Waals surface area contributed by atoms with Crippen LogP contribution in [0, 0.1) is 0 Å². The van der Waals surface area contributed by atoms with Crippen LogP contribution in [0.5, 0.6) is 46.0 Å². The van der Waals surface area contributed by atoms with E-state index in [1.165, 1.54) is 48.5 Å². The molecule has 0 atom stereocenters. The minimum Gasteiger partial charge on any atom is -0.504 e. The topological polar surface area (TPSA) is 218 Å². The van der Waals surface area contributed by atoms with Crippen LogP contribution in [0.2, 0.25) is 0 Å². The fourth-order valence-electron chi connectivity index (χ4n) is 7.66. The van der Waals surface area contributed by atoms with Gasteiger partial charge in [-0.25, -0.2) is 0 Å². The Hall–Kier alpha value is -7.73. The van der Waals surface area contributed by atoms with Crippen LogP contribution in [0.25, 0.3) is 22.3 Å². The van der Waals surface area contributed by atoms with Gasteiger partial charge in [-0.3, -0.25) is 4.99 Å². The third kappa shape index (κ3) is 5.76. The van der Waals surface area contributed by atoms with Gasteiger partial charge < -0.3 is 56.1 Å². The highest BCUT2D eigenvalue weighted by molar-refractivity contribution is 6.25. The second kappa shape index (κ2) is 13.0. The van der Waals surface area contributed by atoms with E-state index in [4.69, 9.17) is 4.99 Å². The van der Waals surface area contributed by atoms with Crippen LogP contribution >= 0.6 is 0 Å². The van der Waals surface area contributed by atoms with Crippen LogP contribution in [-0.2, 0) is 0 Å². The van der Waals surface area contributed by atoms with Gasteiger partial charge in [0.1, 0.15) is 0 Å². The highest BCUT2D eigenvalue weighted by atomic mass is 16.3. The molecule has 12 heteroatoms.